The number of carbonyl (C=O) groups excluding carboxylic acids is 5. The molecule has 6 aliphatic heterocycles. The van der Waals surface area contributed by atoms with Crippen LogP contribution in [0.15, 0.2) is 60.8 Å². The van der Waals surface area contributed by atoms with E-state index >= 15 is 4.39 Å². The number of ether oxygens (including phenoxy) is 1. The maximum atomic E-state index is 17.1. The molecular weight excluding hydrogens is 936 g/mol. The summed E-state index contributed by atoms with van der Waals surface area (Å²) in [5.74, 6) is 0.793. The number of piperazine rings is 2. The van der Waals surface area contributed by atoms with Gasteiger partial charge >= 0.3 is 6.01 Å². The number of anilines is 2. The van der Waals surface area contributed by atoms with Gasteiger partial charge in [-0.1, -0.05) is 36.3 Å². The zero-order valence-electron chi connectivity index (χ0n) is 40.2. The summed E-state index contributed by atoms with van der Waals surface area (Å²) in [6, 6.07) is 16.4. The number of carboxylic acid groups (broad SMARTS) is 1. The van der Waals surface area contributed by atoms with E-state index in [0.29, 0.717) is 80.0 Å². The molecule has 18 nitrogen and oxygen atoms in total. The molecule has 3 unspecified atom stereocenters. The van der Waals surface area contributed by atoms with Crippen LogP contribution >= 0.6 is 0 Å². The number of piperidine rings is 2. The molecule has 19 heteroatoms. The van der Waals surface area contributed by atoms with Crippen molar-refractivity contribution >= 4 is 69.2 Å². The molecule has 1 aliphatic carbocycles. The van der Waals surface area contributed by atoms with Crippen molar-refractivity contribution in [3.63, 3.8) is 0 Å². The fourth-order valence-electron chi connectivity index (χ4n) is 11.8. The Morgan fingerprint density at radius 3 is 2.29 bits per heavy atom. The number of pyridine rings is 1. The van der Waals surface area contributed by atoms with Gasteiger partial charge in [0.25, 0.3) is 18.3 Å². The fourth-order valence-corrected chi connectivity index (χ4v) is 11.8. The molecule has 3 N–H and O–H groups in total. The Labute approximate surface area is 420 Å². The van der Waals surface area contributed by atoms with Crippen molar-refractivity contribution in [1.82, 2.24) is 40.3 Å². The first-order valence-electron chi connectivity index (χ1n) is 25.1. The lowest BCUT2D eigenvalue weighted by Gasteiger charge is -2.40. The highest BCUT2D eigenvalue weighted by Gasteiger charge is 2.47. The van der Waals surface area contributed by atoms with Crippen LogP contribution in [0.2, 0.25) is 0 Å². The second-order valence-electron chi connectivity index (χ2n) is 20.3. The van der Waals surface area contributed by atoms with E-state index in [-0.39, 0.29) is 64.9 Å². The van der Waals surface area contributed by atoms with E-state index in [1.807, 2.05) is 47.4 Å². The third-order valence-corrected chi connectivity index (χ3v) is 15.8. The highest BCUT2D eigenvalue weighted by molar-refractivity contribution is 6.23. The van der Waals surface area contributed by atoms with E-state index in [9.17, 15) is 24.0 Å². The van der Waals surface area contributed by atoms with Crippen LogP contribution in [0.1, 0.15) is 77.6 Å². The highest BCUT2D eigenvalue weighted by atomic mass is 19.1. The molecule has 0 spiro atoms. The Morgan fingerprint density at radius 1 is 0.877 bits per heavy atom. The number of aromatic nitrogens is 3. The van der Waals surface area contributed by atoms with Gasteiger partial charge in [0.05, 0.1) is 23.1 Å². The van der Waals surface area contributed by atoms with Crippen LogP contribution in [0.3, 0.4) is 0 Å². The third kappa shape index (κ3) is 9.07. The van der Waals surface area contributed by atoms with Crippen molar-refractivity contribution in [2.75, 3.05) is 75.3 Å². The van der Waals surface area contributed by atoms with Gasteiger partial charge in [0, 0.05) is 117 Å². The molecule has 0 radical (unpaired) electrons. The first-order chi connectivity index (χ1) is 35.4. The largest absolute Gasteiger partial charge is 0.483 e. The fraction of sp³-hybridized carbons (Fsp3) is 0.426. The van der Waals surface area contributed by atoms with E-state index in [1.165, 1.54) is 0 Å². The van der Waals surface area contributed by atoms with Gasteiger partial charge in [-0.15, -0.1) is 6.42 Å². The lowest BCUT2D eigenvalue weighted by atomic mass is 9.94. The first-order valence-corrected chi connectivity index (χ1v) is 25.1. The Bertz CT molecular complexity index is 3110. The number of rotatable bonds is 10. The summed E-state index contributed by atoms with van der Waals surface area (Å²) in [6.45, 7) is 6.48. The van der Waals surface area contributed by atoms with Crippen LogP contribution in [0.4, 0.5) is 15.9 Å². The number of nitrogens with one attached hydrogen (secondary N) is 2. The van der Waals surface area contributed by atoms with Gasteiger partial charge in [0.1, 0.15) is 23.1 Å². The van der Waals surface area contributed by atoms with Crippen LogP contribution in [0.25, 0.3) is 32.9 Å². The van der Waals surface area contributed by atoms with Crippen LogP contribution in [0, 0.1) is 29.5 Å². The van der Waals surface area contributed by atoms with Crippen LogP contribution in [0.5, 0.6) is 6.01 Å². The van der Waals surface area contributed by atoms with Gasteiger partial charge in [-0.05, 0) is 74.6 Å². The number of imide groups is 2. The zero-order valence-corrected chi connectivity index (χ0v) is 40.2. The summed E-state index contributed by atoms with van der Waals surface area (Å²) < 4.78 is 23.6. The number of benzene rings is 3. The molecule has 5 aromatic rings. The molecule has 6 fully saturated rings. The van der Waals surface area contributed by atoms with Crippen molar-refractivity contribution in [1.29, 1.82) is 0 Å². The molecule has 8 heterocycles. The van der Waals surface area contributed by atoms with Gasteiger partial charge in [0.15, 0.2) is 5.82 Å². The summed E-state index contributed by atoms with van der Waals surface area (Å²) in [4.78, 5) is 97.3. The van der Waals surface area contributed by atoms with Gasteiger partial charge < -0.3 is 29.9 Å². The second kappa shape index (κ2) is 19.5. The predicted molar refractivity (Wildman–Crippen MR) is 267 cm³/mol. The Balaban J connectivity index is 0.00000187. The van der Waals surface area contributed by atoms with Crippen molar-refractivity contribution in [3.05, 3.63) is 83.3 Å². The van der Waals surface area contributed by atoms with E-state index in [2.05, 4.69) is 31.3 Å². The molecule has 3 atom stereocenters. The zero-order chi connectivity index (χ0) is 50.5. The number of carbonyl (C=O) groups is 6. The summed E-state index contributed by atoms with van der Waals surface area (Å²) in [6.07, 6.45) is 13.2. The van der Waals surface area contributed by atoms with Gasteiger partial charge in [-0.3, -0.25) is 48.9 Å². The van der Waals surface area contributed by atoms with Gasteiger partial charge in [-0.2, -0.15) is 9.97 Å². The van der Waals surface area contributed by atoms with E-state index in [1.54, 1.807) is 18.3 Å². The Morgan fingerprint density at radius 2 is 1.59 bits per heavy atom. The van der Waals surface area contributed by atoms with Crippen molar-refractivity contribution in [2.24, 2.45) is 11.3 Å². The molecule has 2 aromatic heterocycles. The minimum atomic E-state index is -1.02. The van der Waals surface area contributed by atoms with Crippen LogP contribution in [-0.4, -0.2) is 154 Å². The van der Waals surface area contributed by atoms with E-state index < -0.39 is 35.5 Å². The highest BCUT2D eigenvalue weighted by Crippen LogP contribution is 2.47. The summed E-state index contributed by atoms with van der Waals surface area (Å²) in [5.41, 5.74) is 2.79. The van der Waals surface area contributed by atoms with Gasteiger partial charge in [0.2, 0.25) is 17.7 Å². The average molecular weight is 991 g/mol. The third-order valence-electron chi connectivity index (χ3n) is 15.8. The van der Waals surface area contributed by atoms with Crippen LogP contribution in [-0.2, 0) is 19.2 Å². The number of terminal acetylenes is 1. The number of hydrogen-bond donors (Lipinski definition) is 3. The quantitative estimate of drug-likeness (QED) is 0.102. The van der Waals surface area contributed by atoms with Crippen molar-refractivity contribution in [2.45, 2.75) is 69.5 Å². The lowest BCUT2D eigenvalue weighted by molar-refractivity contribution is -0.138. The molecular formula is C54H55FN10O8. The number of fused-ring (bicyclic) bond motifs is 5. The van der Waals surface area contributed by atoms with Gasteiger partial charge in [-0.25, -0.2) is 4.39 Å². The van der Waals surface area contributed by atoms with E-state index in [0.717, 1.165) is 79.8 Å². The average Bonchev–Trinajstić information content (AvgIpc) is 4.03. The number of hydrogen-bond acceptors (Lipinski definition) is 14. The number of halogens is 1. The molecule has 3 aromatic carbocycles. The molecule has 5 saturated heterocycles. The number of amides is 5. The SMILES string of the molecule is C#Cc1cccc2cccc(-c3ncc4c(N5CC6CCC(C5)N6)nc(OCC5(CN6CCN(C(=O)C7CCN(c8ccc9c(c8)C(=O)N(C8CCC(=O)NC8=O)C9=O)CC7)CC6)CC5)nc4c3F)c12.O=CO. The standard InChI is InChI=1S/C53H53FN10O6.CH2O2/c1-2-31-5-3-6-32-7-4-8-38(43(31)32)45-44(54)46-40(26-55-45)47(63-27-34-9-10-35(28-63)56-34)59-52(58-46)70-30-53(17-18-53)29-60-21-23-62(24-22-60)49(67)33-15-19-61(20-16-33)36-11-12-37-39(25-36)51(69)64(50(37)68)41-13-14-42(65)57-48(41)66;2-1-3/h1,3-8,11-12,25-26,33-35,41,56H,9-10,13-24,27-30H2,(H,57,65,66);1H,(H,2,3). The molecule has 2 bridgehead atoms. The summed E-state index contributed by atoms with van der Waals surface area (Å²) in [5, 5.41) is 15.0. The molecule has 376 valence electrons. The minimum absolute atomic E-state index is 0.0624. The Kier molecular flexibility index (Phi) is 12.7. The first kappa shape index (κ1) is 47.7. The molecule has 1 saturated carbocycles. The van der Waals surface area contributed by atoms with Crippen LogP contribution < -0.4 is 25.2 Å². The summed E-state index contributed by atoms with van der Waals surface area (Å²) >= 11 is 0. The normalized spacial score (nSPS) is 22.7. The smallest absolute Gasteiger partial charge is 0.319 e. The monoisotopic (exact) mass is 990 g/mol. The molecule has 12 rings (SSSR count). The molecule has 5 amide bonds. The minimum Gasteiger partial charge on any atom is -0.483 e. The van der Waals surface area contributed by atoms with E-state index in [4.69, 9.17) is 36.0 Å². The maximum Gasteiger partial charge on any atom is 0.319 e. The second-order valence-corrected chi connectivity index (χ2v) is 20.3. The topological polar surface area (TPSA) is 211 Å². The summed E-state index contributed by atoms with van der Waals surface area (Å²) in [7, 11) is 0. The maximum absolute atomic E-state index is 17.1. The molecule has 73 heavy (non-hydrogen) atoms. The van der Waals surface area contributed by atoms with Crippen molar-refractivity contribution < 1.29 is 43.0 Å². The molecule has 7 aliphatic rings. The Hall–Kier alpha value is -7.56. The predicted octanol–water partition coefficient (Wildman–Crippen LogP) is 4.23. The van der Waals surface area contributed by atoms with Crippen molar-refractivity contribution in [3.8, 4) is 29.6 Å². The number of nitrogens with zero attached hydrogens (tertiary/aromatic N) is 8. The lowest BCUT2D eigenvalue weighted by Crippen LogP contribution is -2.54.